The van der Waals surface area contributed by atoms with E-state index >= 15 is 0 Å². The van der Waals surface area contributed by atoms with Gasteiger partial charge < -0.3 is 23.7 Å². The van der Waals surface area contributed by atoms with E-state index in [0.29, 0.717) is 56.1 Å². The highest BCUT2D eigenvalue weighted by Gasteiger charge is 2.76. The summed E-state index contributed by atoms with van der Waals surface area (Å²) in [5.74, 6) is 0.544. The van der Waals surface area contributed by atoms with Crippen molar-refractivity contribution in [2.24, 2.45) is 16.2 Å². The van der Waals surface area contributed by atoms with Crippen LogP contribution in [0.1, 0.15) is 63.4 Å². The fraction of sp³-hybridized carbons (Fsp3) is 0.607. The molecule has 1 spiro atoms. The number of amides is 2. The summed E-state index contributed by atoms with van der Waals surface area (Å²) in [6, 6.07) is 7.38. The second kappa shape index (κ2) is 7.49. The number of fused-ring (bicyclic) bond motifs is 3. The number of hydrogen-bond donors (Lipinski definition) is 0. The molecule has 8 heteroatoms. The van der Waals surface area contributed by atoms with Gasteiger partial charge in [-0.3, -0.25) is 14.4 Å². The Kier molecular flexibility index (Phi) is 4.87. The summed E-state index contributed by atoms with van der Waals surface area (Å²) in [4.78, 5) is 43.5. The Bertz CT molecular complexity index is 1270. The Morgan fingerprint density at radius 2 is 1.67 bits per heavy atom. The highest BCUT2D eigenvalue weighted by Crippen LogP contribution is 2.66. The van der Waals surface area contributed by atoms with Gasteiger partial charge in [-0.1, -0.05) is 26.0 Å². The first-order valence-electron chi connectivity index (χ1n) is 12.9. The summed E-state index contributed by atoms with van der Waals surface area (Å²) < 4.78 is 17.1. The van der Waals surface area contributed by atoms with E-state index in [-0.39, 0.29) is 23.2 Å². The first-order chi connectivity index (χ1) is 17.1. The van der Waals surface area contributed by atoms with E-state index in [0.717, 1.165) is 24.6 Å². The van der Waals surface area contributed by atoms with Crippen LogP contribution in [-0.2, 0) is 14.3 Å². The molecule has 36 heavy (non-hydrogen) atoms. The molecule has 2 aromatic rings. The lowest BCUT2D eigenvalue weighted by molar-refractivity contribution is -0.173. The minimum atomic E-state index is -1.05. The smallest absolute Gasteiger partial charge is 0.313 e. The highest BCUT2D eigenvalue weighted by molar-refractivity contribution is 5.98. The van der Waals surface area contributed by atoms with Crippen LogP contribution in [0.15, 0.2) is 28.7 Å². The number of esters is 1. The zero-order valence-electron chi connectivity index (χ0n) is 21.5. The second-order valence-corrected chi connectivity index (χ2v) is 11.9. The first-order valence-corrected chi connectivity index (χ1v) is 12.9. The molecule has 1 saturated carbocycles. The maximum Gasteiger partial charge on any atom is 0.313 e. The van der Waals surface area contributed by atoms with E-state index < -0.39 is 16.4 Å². The topological polar surface area (TPSA) is 89.3 Å². The Hall–Kier alpha value is -3.03. The highest BCUT2D eigenvalue weighted by atomic mass is 16.6. The lowest BCUT2D eigenvalue weighted by Crippen LogP contribution is -2.55. The summed E-state index contributed by atoms with van der Waals surface area (Å²) in [6.45, 7) is 8.52. The number of para-hydroxylation sites is 1. The van der Waals surface area contributed by atoms with E-state index in [4.69, 9.17) is 13.9 Å². The minimum absolute atomic E-state index is 0.00512. The molecule has 1 aliphatic carbocycles. The van der Waals surface area contributed by atoms with Crippen LogP contribution in [0.5, 0.6) is 5.75 Å². The number of piperidine rings is 1. The molecular formula is C28H34N2O6. The zero-order chi connectivity index (χ0) is 25.5. The molecule has 2 bridgehead atoms. The molecule has 2 amide bonds. The van der Waals surface area contributed by atoms with Gasteiger partial charge in [0.05, 0.1) is 12.5 Å². The van der Waals surface area contributed by atoms with Gasteiger partial charge in [0.2, 0.25) is 0 Å². The number of carbonyl (C=O) groups excluding carboxylic acids is 3. The molecule has 4 fully saturated rings. The van der Waals surface area contributed by atoms with Crippen molar-refractivity contribution in [3.05, 3.63) is 30.0 Å². The van der Waals surface area contributed by atoms with Crippen LogP contribution in [0.4, 0.5) is 0 Å². The van der Waals surface area contributed by atoms with E-state index in [1.807, 2.05) is 48.8 Å². The minimum Gasteiger partial charge on any atom is -0.493 e. The van der Waals surface area contributed by atoms with Crippen molar-refractivity contribution in [2.75, 3.05) is 33.3 Å². The average molecular weight is 495 g/mol. The quantitative estimate of drug-likeness (QED) is 0.599. The van der Waals surface area contributed by atoms with Gasteiger partial charge in [-0.05, 0) is 56.6 Å². The number of carbonyl (C=O) groups is 3. The number of rotatable bonds is 3. The molecule has 0 radical (unpaired) electrons. The molecule has 3 saturated heterocycles. The number of ether oxygens (including phenoxy) is 2. The molecule has 192 valence electrons. The molecule has 1 aromatic carbocycles. The largest absolute Gasteiger partial charge is 0.493 e. The lowest BCUT2D eigenvalue weighted by Gasteiger charge is -2.41. The van der Waals surface area contributed by atoms with Crippen LogP contribution in [0.25, 0.3) is 11.0 Å². The number of benzene rings is 1. The van der Waals surface area contributed by atoms with Gasteiger partial charge in [-0.15, -0.1) is 0 Å². The number of methoxy groups -OCH3 is 1. The van der Waals surface area contributed by atoms with Crippen molar-refractivity contribution < 1.29 is 28.3 Å². The van der Waals surface area contributed by atoms with Crippen LogP contribution in [0.3, 0.4) is 0 Å². The van der Waals surface area contributed by atoms with Crippen molar-refractivity contribution in [1.82, 2.24) is 9.80 Å². The maximum atomic E-state index is 13.8. The zero-order valence-corrected chi connectivity index (χ0v) is 21.5. The van der Waals surface area contributed by atoms with Gasteiger partial charge in [0.1, 0.15) is 0 Å². The van der Waals surface area contributed by atoms with E-state index in [1.165, 1.54) is 0 Å². The van der Waals surface area contributed by atoms with Gasteiger partial charge in [-0.25, -0.2) is 0 Å². The summed E-state index contributed by atoms with van der Waals surface area (Å²) in [7, 11) is 1.58. The fourth-order valence-corrected chi connectivity index (χ4v) is 7.14. The van der Waals surface area contributed by atoms with Gasteiger partial charge in [-0.2, -0.15) is 0 Å². The molecule has 4 aliphatic rings. The van der Waals surface area contributed by atoms with Crippen LogP contribution in [0.2, 0.25) is 0 Å². The molecule has 0 unspecified atom stereocenters. The lowest BCUT2D eigenvalue weighted by atomic mass is 9.66. The molecule has 0 N–H and O–H groups in total. The fourth-order valence-electron chi connectivity index (χ4n) is 7.14. The van der Waals surface area contributed by atoms with Crippen molar-refractivity contribution in [1.29, 1.82) is 0 Å². The molecule has 6 rings (SSSR count). The maximum absolute atomic E-state index is 13.8. The van der Waals surface area contributed by atoms with Crippen LogP contribution >= 0.6 is 0 Å². The normalized spacial score (nSPS) is 30.3. The van der Waals surface area contributed by atoms with Gasteiger partial charge >= 0.3 is 5.97 Å². The molecule has 4 heterocycles. The Labute approximate surface area is 210 Å². The average Bonchev–Trinajstić information content (AvgIpc) is 3.57. The summed E-state index contributed by atoms with van der Waals surface area (Å²) in [5, 5.41) is 0.842. The Balaban J connectivity index is 1.13. The number of furan rings is 1. The van der Waals surface area contributed by atoms with Gasteiger partial charge in [0.25, 0.3) is 11.8 Å². The predicted molar refractivity (Wildman–Crippen MR) is 131 cm³/mol. The summed E-state index contributed by atoms with van der Waals surface area (Å²) >= 11 is 0. The third kappa shape index (κ3) is 2.90. The standard InChI is InChI=1S/C28H34N2O6/c1-25(2)26(3)8-9-28(25,36-24(26)33)23(32)30-15-12-27(17-30)10-13-29(14-11-27)22(31)20-16-18-6-5-7-19(34-4)21(18)35-20/h5-7,16H,8-15,17H2,1-4H3/t26-,28+/m0/s1. The van der Waals surface area contributed by atoms with Crippen molar-refractivity contribution in [3.63, 3.8) is 0 Å². The van der Waals surface area contributed by atoms with E-state index in [9.17, 15) is 14.4 Å². The molecule has 1 aromatic heterocycles. The van der Waals surface area contributed by atoms with E-state index in [2.05, 4.69) is 0 Å². The van der Waals surface area contributed by atoms with E-state index in [1.54, 1.807) is 13.2 Å². The molecule has 2 atom stereocenters. The SMILES string of the molecule is COc1cccc2cc(C(=O)N3CCC4(CC3)CCN(C(=O)[C@@]35CC[C@@](C)(C(=O)O3)C5(C)C)C4)oc12. The Morgan fingerprint density at radius 1 is 0.972 bits per heavy atom. The van der Waals surface area contributed by atoms with Crippen molar-refractivity contribution in [2.45, 2.75) is 58.5 Å². The van der Waals surface area contributed by atoms with Crippen LogP contribution in [-0.4, -0.2) is 66.5 Å². The molecular weight excluding hydrogens is 460 g/mol. The number of likely N-dealkylation sites (tertiary alicyclic amines) is 2. The second-order valence-electron chi connectivity index (χ2n) is 11.9. The van der Waals surface area contributed by atoms with Gasteiger partial charge in [0.15, 0.2) is 22.7 Å². The third-order valence-electron chi connectivity index (χ3n) is 10.2. The Morgan fingerprint density at radius 3 is 2.28 bits per heavy atom. The molecule has 8 nitrogen and oxygen atoms in total. The predicted octanol–water partition coefficient (Wildman–Crippen LogP) is 4.02. The van der Waals surface area contributed by atoms with Crippen LogP contribution < -0.4 is 4.74 Å². The third-order valence-corrected chi connectivity index (χ3v) is 10.2. The monoisotopic (exact) mass is 494 g/mol. The van der Waals surface area contributed by atoms with Gasteiger partial charge in [0, 0.05) is 37.0 Å². The number of nitrogens with zero attached hydrogens (tertiary/aromatic N) is 2. The van der Waals surface area contributed by atoms with Crippen molar-refractivity contribution in [3.8, 4) is 5.75 Å². The summed E-state index contributed by atoms with van der Waals surface area (Å²) in [6.07, 6.45) is 3.85. The van der Waals surface area contributed by atoms with Crippen LogP contribution in [0, 0.1) is 16.2 Å². The molecule has 3 aliphatic heterocycles. The first kappa shape index (κ1) is 23.4. The number of hydrogen-bond acceptors (Lipinski definition) is 6. The summed E-state index contributed by atoms with van der Waals surface area (Å²) in [5.41, 5.74) is -1.61. The van der Waals surface area contributed by atoms with Crippen molar-refractivity contribution >= 4 is 28.8 Å².